The maximum absolute atomic E-state index is 12.8. The summed E-state index contributed by atoms with van der Waals surface area (Å²) in [7, 11) is 1.99. The molecule has 1 atom stereocenters. The van der Waals surface area contributed by atoms with Gasteiger partial charge in [0, 0.05) is 38.4 Å². The predicted octanol–water partition coefficient (Wildman–Crippen LogP) is 2.45. The van der Waals surface area contributed by atoms with Crippen molar-refractivity contribution < 1.29 is 4.39 Å². The molecule has 96 valence electrons. The third-order valence-electron chi connectivity index (χ3n) is 3.09. The lowest BCUT2D eigenvalue weighted by Crippen LogP contribution is -2.22. The monoisotopic (exact) mass is 247 g/mol. The van der Waals surface area contributed by atoms with E-state index < -0.39 is 0 Å². The van der Waals surface area contributed by atoms with Gasteiger partial charge in [-0.05, 0) is 24.6 Å². The number of hydrogen-bond donors (Lipinski definition) is 1. The molecule has 1 heterocycles. The quantitative estimate of drug-likeness (QED) is 0.879. The van der Waals surface area contributed by atoms with E-state index >= 15 is 0 Å². The summed E-state index contributed by atoms with van der Waals surface area (Å²) >= 11 is 0. The van der Waals surface area contributed by atoms with E-state index in [-0.39, 0.29) is 11.9 Å². The third-order valence-corrected chi connectivity index (χ3v) is 3.09. The largest absolute Gasteiger partial charge is 0.338 e. The minimum Gasteiger partial charge on any atom is -0.338 e. The van der Waals surface area contributed by atoms with Crippen molar-refractivity contribution in [3.8, 4) is 0 Å². The molecule has 0 amide bonds. The minimum absolute atomic E-state index is 0.195. The number of aryl methyl sites for hydroxylation is 1. The van der Waals surface area contributed by atoms with Crippen molar-refractivity contribution in [2.75, 3.05) is 6.54 Å². The minimum atomic E-state index is -0.195. The Labute approximate surface area is 107 Å². The van der Waals surface area contributed by atoms with Gasteiger partial charge < -0.3 is 9.88 Å². The van der Waals surface area contributed by atoms with Crippen LogP contribution in [0.4, 0.5) is 4.39 Å². The van der Waals surface area contributed by atoms with Crippen LogP contribution in [0.15, 0.2) is 36.7 Å². The molecule has 1 N–H and O–H groups in total. The van der Waals surface area contributed by atoms with Crippen LogP contribution >= 0.6 is 0 Å². The van der Waals surface area contributed by atoms with Crippen LogP contribution in [-0.2, 0) is 13.5 Å². The third kappa shape index (κ3) is 3.17. The van der Waals surface area contributed by atoms with E-state index in [0.717, 1.165) is 24.4 Å². The topological polar surface area (TPSA) is 29.9 Å². The van der Waals surface area contributed by atoms with Crippen LogP contribution < -0.4 is 5.32 Å². The van der Waals surface area contributed by atoms with Crippen molar-refractivity contribution in [2.24, 2.45) is 7.05 Å². The number of aromatic nitrogens is 2. The van der Waals surface area contributed by atoms with Crippen molar-refractivity contribution in [3.05, 3.63) is 53.9 Å². The number of benzene rings is 1. The molecule has 4 heteroatoms. The van der Waals surface area contributed by atoms with E-state index in [9.17, 15) is 4.39 Å². The molecule has 0 aliphatic heterocycles. The average molecular weight is 247 g/mol. The second-order valence-corrected chi connectivity index (χ2v) is 4.43. The molecule has 0 saturated carbocycles. The van der Waals surface area contributed by atoms with Gasteiger partial charge in [0.05, 0.1) is 0 Å². The molecule has 1 unspecified atom stereocenters. The van der Waals surface area contributed by atoms with Gasteiger partial charge in [0.25, 0.3) is 0 Å². The summed E-state index contributed by atoms with van der Waals surface area (Å²) in [6.07, 6.45) is 4.63. The summed E-state index contributed by atoms with van der Waals surface area (Å²) in [5.41, 5.74) is 1.09. The Morgan fingerprint density at radius 3 is 2.67 bits per heavy atom. The molecule has 1 aromatic heterocycles. The number of nitrogens with zero attached hydrogens (tertiary/aromatic N) is 2. The van der Waals surface area contributed by atoms with Crippen molar-refractivity contribution in [1.82, 2.24) is 14.9 Å². The first-order valence-corrected chi connectivity index (χ1v) is 6.12. The molecule has 1 aromatic carbocycles. The highest BCUT2D eigenvalue weighted by molar-refractivity contribution is 5.19. The molecule has 3 nitrogen and oxygen atoms in total. The normalized spacial score (nSPS) is 12.6. The van der Waals surface area contributed by atoms with Gasteiger partial charge in [-0.3, -0.25) is 0 Å². The number of rotatable bonds is 5. The Kier molecular flexibility index (Phi) is 4.10. The second-order valence-electron chi connectivity index (χ2n) is 4.43. The van der Waals surface area contributed by atoms with Crippen molar-refractivity contribution in [3.63, 3.8) is 0 Å². The fraction of sp³-hybridized carbons (Fsp3) is 0.357. The van der Waals surface area contributed by atoms with E-state index in [4.69, 9.17) is 0 Å². The van der Waals surface area contributed by atoms with E-state index in [1.54, 1.807) is 6.20 Å². The Balaban J connectivity index is 1.83. The molecule has 0 aliphatic rings. The van der Waals surface area contributed by atoms with Gasteiger partial charge in [-0.25, -0.2) is 9.37 Å². The molecule has 0 aliphatic carbocycles. The van der Waals surface area contributed by atoms with Crippen LogP contribution in [0.2, 0.25) is 0 Å². The predicted molar refractivity (Wildman–Crippen MR) is 69.7 cm³/mol. The highest BCUT2D eigenvalue weighted by atomic mass is 19.1. The molecule has 2 aromatic rings. The van der Waals surface area contributed by atoms with Crippen molar-refractivity contribution >= 4 is 0 Å². The molecule has 0 fully saturated rings. The lowest BCUT2D eigenvalue weighted by atomic mass is 10.1. The number of halogens is 1. The van der Waals surface area contributed by atoms with Gasteiger partial charge in [0.1, 0.15) is 11.6 Å². The van der Waals surface area contributed by atoms with Crippen LogP contribution in [0.25, 0.3) is 0 Å². The van der Waals surface area contributed by atoms with E-state index in [2.05, 4.69) is 17.2 Å². The number of imidazole rings is 1. The zero-order valence-electron chi connectivity index (χ0n) is 10.7. The molecule has 0 radical (unpaired) electrons. The summed E-state index contributed by atoms with van der Waals surface area (Å²) in [4.78, 5) is 4.27. The summed E-state index contributed by atoms with van der Waals surface area (Å²) in [5, 5.41) is 3.41. The lowest BCUT2D eigenvalue weighted by molar-refractivity contribution is 0.562. The van der Waals surface area contributed by atoms with E-state index in [1.807, 2.05) is 29.9 Å². The zero-order chi connectivity index (χ0) is 13.0. The number of nitrogens with one attached hydrogen (secondary N) is 1. The van der Waals surface area contributed by atoms with Crippen LogP contribution in [0.5, 0.6) is 0 Å². The van der Waals surface area contributed by atoms with Gasteiger partial charge in [-0.15, -0.1) is 0 Å². The fourth-order valence-electron chi connectivity index (χ4n) is 1.91. The summed E-state index contributed by atoms with van der Waals surface area (Å²) in [5.74, 6) is 0.868. The van der Waals surface area contributed by atoms with Gasteiger partial charge in [0.2, 0.25) is 0 Å². The van der Waals surface area contributed by atoms with E-state index in [1.165, 1.54) is 12.1 Å². The van der Waals surface area contributed by atoms with Gasteiger partial charge in [-0.2, -0.15) is 0 Å². The second kappa shape index (κ2) is 5.78. The maximum atomic E-state index is 12.8. The SMILES string of the molecule is CC(NCCc1nccn1C)c1ccc(F)cc1. The molecule has 0 bridgehead atoms. The van der Waals surface area contributed by atoms with Crippen molar-refractivity contribution in [2.45, 2.75) is 19.4 Å². The molecule has 2 rings (SSSR count). The summed E-state index contributed by atoms with van der Waals surface area (Å²) in [6.45, 7) is 2.93. The average Bonchev–Trinajstić information content (AvgIpc) is 2.76. The van der Waals surface area contributed by atoms with Crippen LogP contribution in [0, 0.1) is 5.82 Å². The fourth-order valence-corrected chi connectivity index (χ4v) is 1.91. The van der Waals surface area contributed by atoms with Gasteiger partial charge in [-0.1, -0.05) is 12.1 Å². The molecule has 18 heavy (non-hydrogen) atoms. The molecular weight excluding hydrogens is 229 g/mol. The van der Waals surface area contributed by atoms with Gasteiger partial charge >= 0.3 is 0 Å². The molecule has 0 spiro atoms. The van der Waals surface area contributed by atoms with Crippen LogP contribution in [-0.4, -0.2) is 16.1 Å². The molecular formula is C14H18FN3. The first kappa shape index (κ1) is 12.8. The standard InChI is InChI=1S/C14H18FN3/c1-11(12-3-5-13(15)6-4-12)16-8-7-14-17-9-10-18(14)2/h3-6,9-11,16H,7-8H2,1-2H3. The highest BCUT2D eigenvalue weighted by Crippen LogP contribution is 2.12. The Hall–Kier alpha value is -1.68. The Bertz CT molecular complexity index is 490. The summed E-state index contributed by atoms with van der Waals surface area (Å²) < 4.78 is 14.8. The van der Waals surface area contributed by atoms with E-state index in [0.29, 0.717) is 0 Å². The smallest absolute Gasteiger partial charge is 0.123 e. The number of hydrogen-bond acceptors (Lipinski definition) is 2. The highest BCUT2D eigenvalue weighted by Gasteiger charge is 2.05. The maximum Gasteiger partial charge on any atom is 0.123 e. The molecule has 0 saturated heterocycles. The lowest BCUT2D eigenvalue weighted by Gasteiger charge is -2.14. The van der Waals surface area contributed by atoms with Gasteiger partial charge in [0.15, 0.2) is 0 Å². The van der Waals surface area contributed by atoms with Crippen LogP contribution in [0.3, 0.4) is 0 Å². The first-order chi connectivity index (χ1) is 8.66. The zero-order valence-corrected chi connectivity index (χ0v) is 10.7. The first-order valence-electron chi connectivity index (χ1n) is 6.12. The van der Waals surface area contributed by atoms with Crippen molar-refractivity contribution in [1.29, 1.82) is 0 Å². The Morgan fingerprint density at radius 2 is 2.06 bits per heavy atom. The van der Waals surface area contributed by atoms with Crippen LogP contribution in [0.1, 0.15) is 24.4 Å². The Morgan fingerprint density at radius 1 is 1.33 bits per heavy atom. The summed E-state index contributed by atoms with van der Waals surface area (Å²) in [6, 6.07) is 6.82.